The second-order valence-corrected chi connectivity index (χ2v) is 6.05. The van der Waals surface area contributed by atoms with Gasteiger partial charge < -0.3 is 10.2 Å². The number of hydrogen-bond donors (Lipinski definition) is 1. The predicted molar refractivity (Wildman–Crippen MR) is 85.1 cm³/mol. The molecule has 1 heterocycles. The quantitative estimate of drug-likeness (QED) is 0.884. The summed E-state index contributed by atoms with van der Waals surface area (Å²) in [5.41, 5.74) is 2.05. The van der Waals surface area contributed by atoms with Crippen LogP contribution in [0, 0.1) is 0 Å². The Kier molecular flexibility index (Phi) is 5.32. The minimum absolute atomic E-state index is 0.0737. The number of aryl methyl sites for hydroxylation is 1. The molecule has 0 atom stereocenters. The van der Waals surface area contributed by atoms with E-state index in [1.807, 2.05) is 43.7 Å². The van der Waals surface area contributed by atoms with Gasteiger partial charge in [0.25, 0.3) is 0 Å². The molecule has 106 valence electrons. The molecule has 1 amide bonds. The highest BCUT2D eigenvalue weighted by Gasteiger charge is 2.07. The van der Waals surface area contributed by atoms with Crippen molar-refractivity contribution in [2.24, 2.45) is 0 Å². The third kappa shape index (κ3) is 4.47. The predicted octanol–water partition coefficient (Wildman–Crippen LogP) is 3.38. The summed E-state index contributed by atoms with van der Waals surface area (Å²) in [5, 5.41) is 5.06. The first-order valence-corrected chi connectivity index (χ1v) is 7.58. The van der Waals surface area contributed by atoms with Gasteiger partial charge in [0.15, 0.2) is 0 Å². The van der Waals surface area contributed by atoms with Crippen molar-refractivity contribution in [1.82, 2.24) is 4.90 Å². The SMILES string of the molecule is CN(C)Cc1ccccc1NC(=O)CCc1cccs1. The summed E-state index contributed by atoms with van der Waals surface area (Å²) in [5.74, 6) is 0.0737. The van der Waals surface area contributed by atoms with Gasteiger partial charge in [0, 0.05) is 23.5 Å². The monoisotopic (exact) mass is 288 g/mol. The van der Waals surface area contributed by atoms with Crippen molar-refractivity contribution in [3.8, 4) is 0 Å². The first kappa shape index (κ1) is 14.8. The second kappa shape index (κ2) is 7.22. The van der Waals surface area contributed by atoms with Crippen molar-refractivity contribution >= 4 is 22.9 Å². The van der Waals surface area contributed by atoms with Gasteiger partial charge in [-0.25, -0.2) is 0 Å². The molecule has 0 spiro atoms. The van der Waals surface area contributed by atoms with E-state index >= 15 is 0 Å². The molecule has 0 saturated carbocycles. The van der Waals surface area contributed by atoms with Crippen LogP contribution in [0.1, 0.15) is 16.9 Å². The van der Waals surface area contributed by atoms with Crippen LogP contribution in [-0.2, 0) is 17.8 Å². The molecule has 2 aromatic rings. The molecule has 0 unspecified atom stereocenters. The number of nitrogens with zero attached hydrogens (tertiary/aromatic N) is 1. The highest BCUT2D eigenvalue weighted by Crippen LogP contribution is 2.17. The van der Waals surface area contributed by atoms with Crippen molar-refractivity contribution in [2.45, 2.75) is 19.4 Å². The molecule has 1 N–H and O–H groups in total. The van der Waals surface area contributed by atoms with Crippen molar-refractivity contribution in [2.75, 3.05) is 19.4 Å². The Morgan fingerprint density at radius 2 is 2.00 bits per heavy atom. The van der Waals surface area contributed by atoms with E-state index in [1.54, 1.807) is 11.3 Å². The van der Waals surface area contributed by atoms with Gasteiger partial charge in [-0.1, -0.05) is 24.3 Å². The highest BCUT2D eigenvalue weighted by molar-refractivity contribution is 7.09. The van der Waals surface area contributed by atoms with Crippen LogP contribution in [0.15, 0.2) is 41.8 Å². The van der Waals surface area contributed by atoms with Crippen LogP contribution < -0.4 is 5.32 Å². The van der Waals surface area contributed by atoms with E-state index in [0.717, 1.165) is 24.2 Å². The Bertz CT molecular complexity index is 549. The maximum Gasteiger partial charge on any atom is 0.224 e. The topological polar surface area (TPSA) is 32.3 Å². The van der Waals surface area contributed by atoms with Crippen molar-refractivity contribution in [3.05, 3.63) is 52.2 Å². The average Bonchev–Trinajstić information content (AvgIpc) is 2.91. The minimum Gasteiger partial charge on any atom is -0.326 e. The minimum atomic E-state index is 0.0737. The fourth-order valence-corrected chi connectivity index (χ4v) is 2.73. The molecule has 1 aromatic heterocycles. The molecule has 3 nitrogen and oxygen atoms in total. The van der Waals surface area contributed by atoms with Gasteiger partial charge in [-0.05, 0) is 43.6 Å². The van der Waals surface area contributed by atoms with E-state index in [2.05, 4.69) is 22.3 Å². The molecular formula is C16H20N2OS. The lowest BCUT2D eigenvalue weighted by Gasteiger charge is -2.14. The number of anilines is 1. The first-order chi connectivity index (χ1) is 9.65. The van der Waals surface area contributed by atoms with E-state index in [9.17, 15) is 4.79 Å². The van der Waals surface area contributed by atoms with Crippen LogP contribution in [0.25, 0.3) is 0 Å². The Balaban J connectivity index is 1.93. The van der Waals surface area contributed by atoms with E-state index in [-0.39, 0.29) is 5.91 Å². The van der Waals surface area contributed by atoms with Gasteiger partial charge in [0.1, 0.15) is 0 Å². The van der Waals surface area contributed by atoms with Crippen LogP contribution in [-0.4, -0.2) is 24.9 Å². The molecule has 1 aromatic carbocycles. The van der Waals surface area contributed by atoms with Crippen LogP contribution in [0.3, 0.4) is 0 Å². The summed E-state index contributed by atoms with van der Waals surface area (Å²) in [6.45, 7) is 0.821. The highest BCUT2D eigenvalue weighted by atomic mass is 32.1. The molecule has 0 fully saturated rings. The summed E-state index contributed by atoms with van der Waals surface area (Å²) in [6.07, 6.45) is 1.33. The number of para-hydroxylation sites is 1. The smallest absolute Gasteiger partial charge is 0.224 e. The normalized spacial score (nSPS) is 10.8. The Labute approximate surface area is 124 Å². The first-order valence-electron chi connectivity index (χ1n) is 6.70. The molecule has 0 bridgehead atoms. The zero-order valence-corrected chi connectivity index (χ0v) is 12.7. The molecule has 2 rings (SSSR count). The van der Waals surface area contributed by atoms with Crippen LogP contribution in [0.4, 0.5) is 5.69 Å². The van der Waals surface area contributed by atoms with E-state index in [4.69, 9.17) is 0 Å². The number of hydrogen-bond acceptors (Lipinski definition) is 3. The summed E-state index contributed by atoms with van der Waals surface area (Å²) >= 11 is 1.70. The van der Waals surface area contributed by atoms with E-state index in [1.165, 1.54) is 4.88 Å². The molecule has 0 aliphatic carbocycles. The van der Waals surface area contributed by atoms with Gasteiger partial charge in [-0.2, -0.15) is 0 Å². The van der Waals surface area contributed by atoms with Gasteiger partial charge in [0.05, 0.1) is 0 Å². The summed E-state index contributed by atoms with van der Waals surface area (Å²) in [7, 11) is 4.05. The number of benzene rings is 1. The molecule has 0 saturated heterocycles. The van der Waals surface area contributed by atoms with Crippen LogP contribution >= 0.6 is 11.3 Å². The summed E-state index contributed by atoms with van der Waals surface area (Å²) in [4.78, 5) is 15.4. The van der Waals surface area contributed by atoms with Crippen molar-refractivity contribution in [1.29, 1.82) is 0 Å². The number of rotatable bonds is 6. The number of amides is 1. The zero-order valence-electron chi connectivity index (χ0n) is 11.9. The summed E-state index contributed by atoms with van der Waals surface area (Å²) < 4.78 is 0. The Hall–Kier alpha value is -1.65. The number of carbonyl (C=O) groups is 1. The zero-order chi connectivity index (χ0) is 14.4. The number of thiophene rings is 1. The Morgan fingerprint density at radius 1 is 1.20 bits per heavy atom. The molecule has 0 aliphatic rings. The lowest BCUT2D eigenvalue weighted by molar-refractivity contribution is -0.116. The van der Waals surface area contributed by atoms with E-state index < -0.39 is 0 Å². The van der Waals surface area contributed by atoms with Gasteiger partial charge >= 0.3 is 0 Å². The van der Waals surface area contributed by atoms with Gasteiger partial charge in [-0.3, -0.25) is 4.79 Å². The Morgan fingerprint density at radius 3 is 2.70 bits per heavy atom. The number of carbonyl (C=O) groups excluding carboxylic acids is 1. The molecule has 0 aliphatic heterocycles. The fraction of sp³-hybridized carbons (Fsp3) is 0.312. The number of nitrogens with one attached hydrogen (secondary N) is 1. The third-order valence-corrected chi connectivity index (χ3v) is 3.89. The van der Waals surface area contributed by atoms with Crippen molar-refractivity contribution in [3.63, 3.8) is 0 Å². The van der Waals surface area contributed by atoms with Crippen molar-refractivity contribution < 1.29 is 4.79 Å². The van der Waals surface area contributed by atoms with E-state index in [0.29, 0.717) is 6.42 Å². The third-order valence-electron chi connectivity index (χ3n) is 2.96. The van der Waals surface area contributed by atoms with Gasteiger partial charge in [-0.15, -0.1) is 11.3 Å². The largest absolute Gasteiger partial charge is 0.326 e. The molecular weight excluding hydrogens is 268 g/mol. The van der Waals surface area contributed by atoms with Crippen LogP contribution in [0.5, 0.6) is 0 Å². The lowest BCUT2D eigenvalue weighted by atomic mass is 10.1. The average molecular weight is 288 g/mol. The fourth-order valence-electron chi connectivity index (χ4n) is 2.03. The molecule has 20 heavy (non-hydrogen) atoms. The maximum atomic E-state index is 12.0. The standard InChI is InChI=1S/C16H20N2OS/c1-18(2)12-13-6-3-4-8-15(13)17-16(19)10-9-14-7-5-11-20-14/h3-8,11H,9-10,12H2,1-2H3,(H,17,19). The van der Waals surface area contributed by atoms with Gasteiger partial charge in [0.2, 0.25) is 5.91 Å². The molecule has 4 heteroatoms. The molecule has 0 radical (unpaired) electrons. The second-order valence-electron chi connectivity index (χ2n) is 5.02. The maximum absolute atomic E-state index is 12.0. The lowest BCUT2D eigenvalue weighted by Crippen LogP contribution is -2.16. The van der Waals surface area contributed by atoms with Crippen LogP contribution in [0.2, 0.25) is 0 Å². The summed E-state index contributed by atoms with van der Waals surface area (Å²) in [6, 6.07) is 12.0.